The van der Waals surface area contributed by atoms with E-state index in [1.807, 2.05) is 67.3 Å². The summed E-state index contributed by atoms with van der Waals surface area (Å²) in [4.78, 5) is 30.8. The third kappa shape index (κ3) is 4.42. The number of hydrogen-bond acceptors (Lipinski definition) is 6. The molecule has 1 aliphatic rings. The summed E-state index contributed by atoms with van der Waals surface area (Å²) >= 11 is 0. The first kappa shape index (κ1) is 21.7. The van der Waals surface area contributed by atoms with Gasteiger partial charge in [0.2, 0.25) is 11.9 Å². The number of carbonyl (C=O) groups excluding carboxylic acids is 1. The molecule has 0 N–H and O–H groups in total. The van der Waals surface area contributed by atoms with E-state index in [9.17, 15) is 4.79 Å². The third-order valence-electron chi connectivity index (χ3n) is 5.90. The lowest BCUT2D eigenvalue weighted by Gasteiger charge is -2.27. The molecule has 166 valence electrons. The van der Waals surface area contributed by atoms with Crippen LogP contribution in [0.3, 0.4) is 0 Å². The van der Waals surface area contributed by atoms with Gasteiger partial charge in [0.05, 0.1) is 25.3 Å². The van der Waals surface area contributed by atoms with Crippen molar-refractivity contribution >= 4 is 11.9 Å². The van der Waals surface area contributed by atoms with Crippen molar-refractivity contribution in [1.29, 1.82) is 0 Å². The Morgan fingerprint density at radius 2 is 2.00 bits per heavy atom. The second-order valence-corrected chi connectivity index (χ2v) is 8.33. The number of hydrogen-bond donors (Lipinski definition) is 0. The van der Waals surface area contributed by atoms with E-state index in [0.29, 0.717) is 12.4 Å². The molecular formula is C25H29N5O2. The lowest BCUT2D eigenvalue weighted by molar-refractivity contribution is -0.131. The summed E-state index contributed by atoms with van der Waals surface area (Å²) in [5, 5.41) is 0. The van der Waals surface area contributed by atoms with E-state index in [4.69, 9.17) is 9.72 Å². The van der Waals surface area contributed by atoms with Crippen LogP contribution in [0, 0.1) is 6.92 Å². The summed E-state index contributed by atoms with van der Waals surface area (Å²) in [6, 6.07) is 9.75. The summed E-state index contributed by atoms with van der Waals surface area (Å²) in [6.07, 6.45) is 7.59. The number of methoxy groups -OCH3 is 1. The number of likely N-dealkylation sites (tertiary alicyclic amines) is 1. The van der Waals surface area contributed by atoms with E-state index in [1.54, 1.807) is 19.5 Å². The molecule has 3 heterocycles. The molecule has 7 heteroatoms. The van der Waals surface area contributed by atoms with Crippen molar-refractivity contribution in [2.24, 2.45) is 0 Å². The average Bonchev–Trinajstić information content (AvgIpc) is 3.29. The first-order valence-electron chi connectivity index (χ1n) is 10.9. The van der Waals surface area contributed by atoms with E-state index in [0.717, 1.165) is 53.1 Å². The molecule has 1 atom stereocenters. The van der Waals surface area contributed by atoms with Crippen LogP contribution in [-0.2, 0) is 11.2 Å². The van der Waals surface area contributed by atoms with Gasteiger partial charge in [0.1, 0.15) is 5.75 Å². The van der Waals surface area contributed by atoms with E-state index in [1.165, 1.54) is 0 Å². The fraction of sp³-hybridized carbons (Fsp3) is 0.360. The molecule has 32 heavy (non-hydrogen) atoms. The van der Waals surface area contributed by atoms with Gasteiger partial charge in [0.15, 0.2) is 0 Å². The van der Waals surface area contributed by atoms with Crippen LogP contribution in [-0.4, -0.2) is 53.5 Å². The van der Waals surface area contributed by atoms with Crippen LogP contribution in [0.25, 0.3) is 11.1 Å². The molecule has 0 radical (unpaired) electrons. The van der Waals surface area contributed by atoms with Crippen molar-refractivity contribution < 1.29 is 9.53 Å². The van der Waals surface area contributed by atoms with Gasteiger partial charge in [0.25, 0.3) is 0 Å². The van der Waals surface area contributed by atoms with E-state index in [2.05, 4.69) is 9.97 Å². The largest absolute Gasteiger partial charge is 0.496 e. The fourth-order valence-corrected chi connectivity index (χ4v) is 4.28. The highest BCUT2D eigenvalue weighted by atomic mass is 16.5. The minimum Gasteiger partial charge on any atom is -0.496 e. The van der Waals surface area contributed by atoms with Gasteiger partial charge in [-0.2, -0.15) is 0 Å². The zero-order chi connectivity index (χ0) is 22.7. The summed E-state index contributed by atoms with van der Waals surface area (Å²) in [5.41, 5.74) is 4.87. The van der Waals surface area contributed by atoms with Crippen molar-refractivity contribution in [1.82, 2.24) is 19.9 Å². The lowest BCUT2D eigenvalue weighted by atomic mass is 10.00. The number of rotatable bonds is 6. The maximum Gasteiger partial charge on any atom is 0.227 e. The molecule has 1 fully saturated rings. The summed E-state index contributed by atoms with van der Waals surface area (Å²) in [7, 11) is 5.51. The van der Waals surface area contributed by atoms with Gasteiger partial charge in [-0.1, -0.05) is 12.1 Å². The molecule has 1 aromatic carbocycles. The van der Waals surface area contributed by atoms with Gasteiger partial charge < -0.3 is 14.5 Å². The number of anilines is 1. The number of carbonyl (C=O) groups is 1. The highest BCUT2D eigenvalue weighted by Gasteiger charge is 2.33. The number of aromatic nitrogens is 3. The molecule has 0 spiro atoms. The van der Waals surface area contributed by atoms with Crippen molar-refractivity contribution in [3.05, 3.63) is 65.7 Å². The van der Waals surface area contributed by atoms with Crippen LogP contribution >= 0.6 is 0 Å². The lowest BCUT2D eigenvalue weighted by Crippen LogP contribution is -2.33. The first-order valence-corrected chi connectivity index (χ1v) is 10.9. The molecule has 0 aliphatic carbocycles. The van der Waals surface area contributed by atoms with Crippen LogP contribution < -0.4 is 9.64 Å². The van der Waals surface area contributed by atoms with E-state index < -0.39 is 0 Å². The first-order chi connectivity index (χ1) is 15.5. The zero-order valence-corrected chi connectivity index (χ0v) is 19.1. The number of aryl methyl sites for hydroxylation is 1. The molecule has 2 aromatic heterocycles. The molecule has 1 amide bonds. The Morgan fingerprint density at radius 3 is 2.69 bits per heavy atom. The number of pyridine rings is 1. The quantitative estimate of drug-likeness (QED) is 0.591. The predicted molar refractivity (Wildman–Crippen MR) is 125 cm³/mol. The predicted octanol–water partition coefficient (Wildman–Crippen LogP) is 3.83. The number of amides is 1. The number of nitrogens with zero attached hydrogens (tertiary/aromatic N) is 5. The van der Waals surface area contributed by atoms with Gasteiger partial charge in [0, 0.05) is 44.8 Å². The van der Waals surface area contributed by atoms with Gasteiger partial charge in [-0.3, -0.25) is 9.78 Å². The molecular weight excluding hydrogens is 402 g/mol. The summed E-state index contributed by atoms with van der Waals surface area (Å²) < 4.78 is 5.35. The molecule has 0 bridgehead atoms. The topological polar surface area (TPSA) is 71.5 Å². The fourth-order valence-electron chi connectivity index (χ4n) is 4.28. The van der Waals surface area contributed by atoms with E-state index >= 15 is 0 Å². The van der Waals surface area contributed by atoms with Gasteiger partial charge in [-0.05, 0) is 54.7 Å². The van der Waals surface area contributed by atoms with Gasteiger partial charge >= 0.3 is 0 Å². The monoisotopic (exact) mass is 431 g/mol. The maximum atomic E-state index is 13.4. The minimum absolute atomic E-state index is 0.0771. The molecule has 0 unspecified atom stereocenters. The van der Waals surface area contributed by atoms with Gasteiger partial charge in [-0.15, -0.1) is 0 Å². The molecule has 4 rings (SSSR count). The molecule has 1 aliphatic heterocycles. The highest BCUT2D eigenvalue weighted by Crippen LogP contribution is 2.37. The maximum absolute atomic E-state index is 13.4. The Labute approximate surface area is 189 Å². The highest BCUT2D eigenvalue weighted by molar-refractivity contribution is 5.80. The van der Waals surface area contributed by atoms with Crippen LogP contribution in [0.4, 0.5) is 5.95 Å². The Hall–Kier alpha value is -3.48. The molecule has 3 aromatic rings. The van der Waals surface area contributed by atoms with Crippen molar-refractivity contribution in [3.63, 3.8) is 0 Å². The Bertz CT molecular complexity index is 1100. The Balaban J connectivity index is 1.66. The number of benzene rings is 1. The molecule has 7 nitrogen and oxygen atoms in total. The number of ether oxygens (including phenoxy) is 1. The standard InChI is InChI=1S/C25H29N5O2/c1-17-14-18(7-8-22(17)32-4)15-23(31)30-13-5-6-21(30)24-20(19-9-11-26-12-10-19)16-27-25(28-24)29(2)3/h7-12,14,16,21H,5-6,13,15H2,1-4H3/t21-/m1/s1. The van der Waals surface area contributed by atoms with Gasteiger partial charge in [-0.25, -0.2) is 9.97 Å². The van der Waals surface area contributed by atoms with Crippen LogP contribution in [0.5, 0.6) is 5.75 Å². The Morgan fingerprint density at radius 1 is 1.22 bits per heavy atom. The van der Waals surface area contributed by atoms with E-state index in [-0.39, 0.29) is 11.9 Å². The molecule has 1 saturated heterocycles. The summed E-state index contributed by atoms with van der Waals surface area (Å²) in [5.74, 6) is 1.59. The second-order valence-electron chi connectivity index (χ2n) is 8.33. The van der Waals surface area contributed by atoms with Crippen LogP contribution in [0.2, 0.25) is 0 Å². The van der Waals surface area contributed by atoms with Crippen molar-refractivity contribution in [3.8, 4) is 16.9 Å². The zero-order valence-electron chi connectivity index (χ0n) is 19.1. The summed E-state index contributed by atoms with van der Waals surface area (Å²) in [6.45, 7) is 2.73. The van der Waals surface area contributed by atoms with Crippen LogP contribution in [0.15, 0.2) is 48.9 Å². The SMILES string of the molecule is COc1ccc(CC(=O)N2CCC[C@@H]2c2nc(N(C)C)ncc2-c2ccncc2)cc1C. The smallest absolute Gasteiger partial charge is 0.227 e. The third-order valence-corrected chi connectivity index (χ3v) is 5.90. The minimum atomic E-state index is -0.0771. The normalized spacial score (nSPS) is 15.6. The van der Waals surface area contributed by atoms with Crippen molar-refractivity contribution in [2.75, 3.05) is 32.6 Å². The van der Waals surface area contributed by atoms with Crippen LogP contribution in [0.1, 0.15) is 35.7 Å². The average molecular weight is 432 g/mol. The second kappa shape index (κ2) is 9.34. The molecule has 0 saturated carbocycles. The Kier molecular flexibility index (Phi) is 6.35. The van der Waals surface area contributed by atoms with Crippen molar-refractivity contribution in [2.45, 2.75) is 32.2 Å².